The number of amides is 2. The van der Waals surface area contributed by atoms with Crippen LogP contribution in [0.5, 0.6) is 0 Å². The number of carbonyl (C=O) groups excluding carboxylic acids is 2. The van der Waals surface area contributed by atoms with Gasteiger partial charge in [0.25, 0.3) is 0 Å². The van der Waals surface area contributed by atoms with Gasteiger partial charge in [-0.15, -0.1) is 0 Å². The van der Waals surface area contributed by atoms with E-state index in [1.165, 1.54) is 6.42 Å². The molecule has 2 amide bonds. The Morgan fingerprint density at radius 3 is 2.10 bits per heavy atom. The maximum atomic E-state index is 12.7. The molecule has 0 aromatic heterocycles. The second-order valence-corrected chi connectivity index (χ2v) is 7.77. The Hall–Kier alpha value is -1.06. The molecular weight excluding hydrogens is 252 g/mol. The second-order valence-electron chi connectivity index (χ2n) is 7.77. The Kier molecular flexibility index (Phi) is 4.12. The average Bonchev–Trinajstić information content (AvgIpc) is 2.68. The van der Waals surface area contributed by atoms with Crippen molar-refractivity contribution in [2.75, 3.05) is 19.6 Å². The second kappa shape index (κ2) is 5.38. The van der Waals surface area contributed by atoms with Crippen LogP contribution in [-0.4, -0.2) is 46.8 Å². The van der Waals surface area contributed by atoms with E-state index >= 15 is 0 Å². The smallest absolute Gasteiger partial charge is 0.228 e. The largest absolute Gasteiger partial charge is 0.342 e. The zero-order valence-electron chi connectivity index (χ0n) is 13.5. The molecule has 0 radical (unpaired) electrons. The maximum Gasteiger partial charge on any atom is 0.228 e. The van der Waals surface area contributed by atoms with E-state index in [1.54, 1.807) is 0 Å². The molecule has 0 aromatic carbocycles. The molecule has 2 aliphatic heterocycles. The molecule has 4 nitrogen and oxygen atoms in total. The number of nitrogens with zero attached hydrogens (tertiary/aromatic N) is 2. The molecule has 0 spiro atoms. The van der Waals surface area contributed by atoms with Crippen LogP contribution in [0.25, 0.3) is 0 Å². The first-order valence-electron chi connectivity index (χ1n) is 7.77. The summed E-state index contributed by atoms with van der Waals surface area (Å²) in [5.74, 6) is 1.30. The molecular formula is C16H28N2O2. The lowest BCUT2D eigenvalue weighted by Gasteiger charge is -2.37. The molecule has 0 N–H and O–H groups in total. The highest BCUT2D eigenvalue weighted by atomic mass is 16.2. The molecule has 2 fully saturated rings. The van der Waals surface area contributed by atoms with Crippen LogP contribution in [0, 0.1) is 17.8 Å². The Bertz CT molecular complexity index is 390. The van der Waals surface area contributed by atoms with Gasteiger partial charge in [-0.1, -0.05) is 13.8 Å². The Balaban J connectivity index is 2.02. The highest BCUT2D eigenvalue weighted by molar-refractivity contribution is 5.89. The van der Waals surface area contributed by atoms with Crippen LogP contribution < -0.4 is 0 Å². The molecule has 2 heterocycles. The summed E-state index contributed by atoms with van der Waals surface area (Å²) in [6, 6.07) is 0. The fourth-order valence-corrected chi connectivity index (χ4v) is 3.62. The lowest BCUT2D eigenvalue weighted by atomic mass is 9.91. The van der Waals surface area contributed by atoms with Gasteiger partial charge >= 0.3 is 0 Å². The summed E-state index contributed by atoms with van der Waals surface area (Å²) in [4.78, 5) is 28.6. The highest BCUT2D eigenvalue weighted by Gasteiger charge is 2.41. The summed E-state index contributed by atoms with van der Waals surface area (Å²) in [6.45, 7) is 12.8. The van der Waals surface area contributed by atoms with E-state index in [4.69, 9.17) is 0 Å². The van der Waals surface area contributed by atoms with Crippen molar-refractivity contribution in [2.45, 2.75) is 53.0 Å². The quantitative estimate of drug-likeness (QED) is 0.738. The molecule has 0 aliphatic carbocycles. The number of rotatable bonds is 1. The summed E-state index contributed by atoms with van der Waals surface area (Å²) in [5, 5.41) is 0. The van der Waals surface area contributed by atoms with E-state index in [1.807, 2.05) is 30.6 Å². The van der Waals surface area contributed by atoms with Crippen molar-refractivity contribution in [3.05, 3.63) is 0 Å². The zero-order chi connectivity index (χ0) is 15.1. The molecule has 20 heavy (non-hydrogen) atoms. The fraction of sp³-hybridized carbons (Fsp3) is 0.875. The number of hydrogen-bond donors (Lipinski definition) is 0. The van der Waals surface area contributed by atoms with Gasteiger partial charge in [0, 0.05) is 31.6 Å². The molecule has 0 bridgehead atoms. The first kappa shape index (κ1) is 15.3. The topological polar surface area (TPSA) is 40.6 Å². The van der Waals surface area contributed by atoms with Gasteiger partial charge in [0.15, 0.2) is 0 Å². The van der Waals surface area contributed by atoms with E-state index in [0.29, 0.717) is 24.8 Å². The van der Waals surface area contributed by atoms with Crippen molar-refractivity contribution >= 4 is 11.8 Å². The van der Waals surface area contributed by atoms with Gasteiger partial charge in [0.05, 0.1) is 5.92 Å². The van der Waals surface area contributed by atoms with Gasteiger partial charge < -0.3 is 9.80 Å². The zero-order valence-corrected chi connectivity index (χ0v) is 13.5. The molecule has 3 atom stereocenters. The molecule has 2 rings (SSSR count). The van der Waals surface area contributed by atoms with Crippen LogP contribution in [0.1, 0.15) is 47.5 Å². The summed E-state index contributed by atoms with van der Waals surface area (Å²) in [6.07, 6.45) is 1.58. The van der Waals surface area contributed by atoms with Gasteiger partial charge in [-0.2, -0.15) is 0 Å². The lowest BCUT2D eigenvalue weighted by Crippen LogP contribution is -2.47. The van der Waals surface area contributed by atoms with Gasteiger partial charge in [-0.25, -0.2) is 0 Å². The van der Waals surface area contributed by atoms with Crippen molar-refractivity contribution in [3.8, 4) is 0 Å². The Labute approximate surface area is 122 Å². The average molecular weight is 280 g/mol. The van der Waals surface area contributed by atoms with Crippen LogP contribution >= 0.6 is 0 Å². The van der Waals surface area contributed by atoms with E-state index < -0.39 is 0 Å². The summed E-state index contributed by atoms with van der Waals surface area (Å²) in [7, 11) is 0. The van der Waals surface area contributed by atoms with Gasteiger partial charge in [0.1, 0.15) is 0 Å². The fourth-order valence-electron chi connectivity index (χ4n) is 3.62. The van der Waals surface area contributed by atoms with Crippen molar-refractivity contribution in [2.24, 2.45) is 17.8 Å². The Morgan fingerprint density at radius 1 is 1.10 bits per heavy atom. The predicted octanol–water partition coefficient (Wildman–Crippen LogP) is 2.14. The standard InChI is InChI=1S/C16H28N2O2/c1-11-6-12(2)9-17(8-11)15(20)13-7-14(19)18(10-13)16(3,4)5/h11-13H,6-10H2,1-5H3/t11-,12+,13-/m0/s1. The van der Waals surface area contributed by atoms with Crippen LogP contribution in [0.3, 0.4) is 0 Å². The van der Waals surface area contributed by atoms with Gasteiger partial charge in [0.2, 0.25) is 11.8 Å². The maximum absolute atomic E-state index is 12.7. The van der Waals surface area contributed by atoms with E-state index in [9.17, 15) is 9.59 Å². The highest BCUT2D eigenvalue weighted by Crippen LogP contribution is 2.29. The third kappa shape index (κ3) is 3.15. The van der Waals surface area contributed by atoms with Crippen LogP contribution in [-0.2, 0) is 9.59 Å². The first-order valence-corrected chi connectivity index (χ1v) is 7.77. The number of likely N-dealkylation sites (tertiary alicyclic amines) is 2. The third-order valence-electron chi connectivity index (χ3n) is 4.46. The minimum Gasteiger partial charge on any atom is -0.342 e. The van der Waals surface area contributed by atoms with E-state index in [2.05, 4.69) is 13.8 Å². The Morgan fingerprint density at radius 2 is 1.65 bits per heavy atom. The molecule has 0 unspecified atom stereocenters. The lowest BCUT2D eigenvalue weighted by molar-refractivity contribution is -0.138. The minimum atomic E-state index is -0.186. The summed E-state index contributed by atoms with van der Waals surface area (Å²) < 4.78 is 0. The molecule has 2 saturated heterocycles. The van der Waals surface area contributed by atoms with Crippen molar-refractivity contribution in [1.82, 2.24) is 9.80 Å². The molecule has 114 valence electrons. The van der Waals surface area contributed by atoms with Gasteiger partial charge in [-0.05, 0) is 39.0 Å². The summed E-state index contributed by atoms with van der Waals surface area (Å²) in [5.41, 5.74) is -0.186. The number of piperidine rings is 1. The first-order chi connectivity index (χ1) is 9.18. The van der Waals surface area contributed by atoms with E-state index in [0.717, 1.165) is 13.1 Å². The minimum absolute atomic E-state index is 0.119. The van der Waals surface area contributed by atoms with Crippen molar-refractivity contribution in [3.63, 3.8) is 0 Å². The van der Waals surface area contributed by atoms with Crippen molar-refractivity contribution in [1.29, 1.82) is 0 Å². The normalized spacial score (nSPS) is 31.9. The van der Waals surface area contributed by atoms with Gasteiger partial charge in [-0.3, -0.25) is 9.59 Å². The molecule has 0 aromatic rings. The molecule has 0 saturated carbocycles. The summed E-state index contributed by atoms with van der Waals surface area (Å²) >= 11 is 0. The SMILES string of the molecule is C[C@@H]1C[C@H](C)CN(C(=O)[C@H]2CC(=O)N(C(C)(C)C)C2)C1. The van der Waals surface area contributed by atoms with Crippen LogP contribution in [0.4, 0.5) is 0 Å². The third-order valence-corrected chi connectivity index (χ3v) is 4.46. The molecule has 2 aliphatic rings. The number of carbonyl (C=O) groups is 2. The predicted molar refractivity (Wildman–Crippen MR) is 79.1 cm³/mol. The number of hydrogen-bond acceptors (Lipinski definition) is 2. The molecule has 4 heteroatoms. The van der Waals surface area contributed by atoms with Crippen molar-refractivity contribution < 1.29 is 9.59 Å². The monoisotopic (exact) mass is 280 g/mol. The van der Waals surface area contributed by atoms with Crippen LogP contribution in [0.2, 0.25) is 0 Å². The van der Waals surface area contributed by atoms with E-state index in [-0.39, 0.29) is 23.3 Å². The van der Waals surface area contributed by atoms with Crippen LogP contribution in [0.15, 0.2) is 0 Å².